The Morgan fingerprint density at radius 3 is 2.83 bits per heavy atom. The van der Waals surface area contributed by atoms with Crippen LogP contribution in [0.5, 0.6) is 0 Å². The van der Waals surface area contributed by atoms with Crippen molar-refractivity contribution in [3.63, 3.8) is 0 Å². The lowest BCUT2D eigenvalue weighted by Crippen LogP contribution is -2.37. The van der Waals surface area contributed by atoms with Crippen molar-refractivity contribution in [1.82, 2.24) is 14.5 Å². The van der Waals surface area contributed by atoms with Crippen LogP contribution >= 0.6 is 15.9 Å². The highest BCUT2D eigenvalue weighted by molar-refractivity contribution is 9.10. The Kier molecular flexibility index (Phi) is 4.85. The lowest BCUT2D eigenvalue weighted by atomic mass is 10.1. The molecule has 0 N–H and O–H groups in total. The summed E-state index contributed by atoms with van der Waals surface area (Å²) >= 11 is 3.49. The number of carbonyl (C=O) groups excluding carboxylic acids is 1. The molecule has 1 aromatic heterocycles. The van der Waals surface area contributed by atoms with E-state index in [0.29, 0.717) is 6.04 Å². The SMILES string of the molecule is CC(C)(C)OC(=O)N1CCCC(n2cnc3cc(Br)ccc32)CC1. The summed E-state index contributed by atoms with van der Waals surface area (Å²) < 4.78 is 8.79. The maximum Gasteiger partial charge on any atom is 0.410 e. The molecule has 1 aromatic carbocycles. The molecular weight excluding hydrogens is 370 g/mol. The number of ether oxygens (including phenoxy) is 1. The van der Waals surface area contributed by atoms with Gasteiger partial charge in [0.15, 0.2) is 0 Å². The smallest absolute Gasteiger partial charge is 0.410 e. The van der Waals surface area contributed by atoms with Crippen molar-refractivity contribution in [2.24, 2.45) is 0 Å². The van der Waals surface area contributed by atoms with E-state index in [9.17, 15) is 4.79 Å². The lowest BCUT2D eigenvalue weighted by Gasteiger charge is -2.26. The molecule has 0 bridgehead atoms. The highest BCUT2D eigenvalue weighted by atomic mass is 79.9. The normalized spacial score (nSPS) is 19.3. The highest BCUT2D eigenvalue weighted by Crippen LogP contribution is 2.28. The minimum absolute atomic E-state index is 0.206. The average molecular weight is 394 g/mol. The van der Waals surface area contributed by atoms with E-state index in [-0.39, 0.29) is 6.09 Å². The zero-order valence-electron chi connectivity index (χ0n) is 14.5. The first-order chi connectivity index (χ1) is 11.3. The molecular formula is C18H24BrN3O2. The number of fused-ring (bicyclic) bond motifs is 1. The van der Waals surface area contributed by atoms with Crippen LogP contribution in [0, 0.1) is 0 Å². The Balaban J connectivity index is 1.72. The van der Waals surface area contributed by atoms with Gasteiger partial charge in [-0.15, -0.1) is 0 Å². The third-order valence-electron chi connectivity index (χ3n) is 4.28. The van der Waals surface area contributed by atoms with Crippen molar-refractivity contribution in [3.8, 4) is 0 Å². The van der Waals surface area contributed by atoms with Gasteiger partial charge in [0.2, 0.25) is 0 Å². The number of imidazole rings is 1. The monoisotopic (exact) mass is 393 g/mol. The molecule has 0 saturated carbocycles. The number of benzene rings is 1. The number of nitrogens with zero attached hydrogens (tertiary/aromatic N) is 3. The Bertz CT molecular complexity index is 735. The van der Waals surface area contributed by atoms with Gasteiger partial charge in [0.1, 0.15) is 5.60 Å². The van der Waals surface area contributed by atoms with Crippen molar-refractivity contribution in [3.05, 3.63) is 29.0 Å². The van der Waals surface area contributed by atoms with Crippen LogP contribution < -0.4 is 0 Å². The largest absolute Gasteiger partial charge is 0.444 e. The van der Waals surface area contributed by atoms with E-state index in [1.807, 2.05) is 44.1 Å². The summed E-state index contributed by atoms with van der Waals surface area (Å²) in [6.07, 6.45) is 4.65. The molecule has 1 atom stereocenters. The molecule has 24 heavy (non-hydrogen) atoms. The summed E-state index contributed by atoms with van der Waals surface area (Å²) in [7, 11) is 0. The van der Waals surface area contributed by atoms with E-state index in [1.54, 1.807) is 0 Å². The second-order valence-corrected chi connectivity index (χ2v) is 8.25. The van der Waals surface area contributed by atoms with E-state index in [1.165, 1.54) is 0 Å². The topological polar surface area (TPSA) is 47.4 Å². The van der Waals surface area contributed by atoms with Gasteiger partial charge in [-0.05, 0) is 58.2 Å². The Labute approximate surface area is 151 Å². The van der Waals surface area contributed by atoms with Crippen LogP contribution in [0.1, 0.15) is 46.1 Å². The van der Waals surface area contributed by atoms with Crippen LogP contribution in [-0.4, -0.2) is 39.2 Å². The van der Waals surface area contributed by atoms with E-state index >= 15 is 0 Å². The zero-order valence-corrected chi connectivity index (χ0v) is 16.0. The number of aromatic nitrogens is 2. The fraction of sp³-hybridized carbons (Fsp3) is 0.556. The molecule has 1 amide bonds. The molecule has 2 aromatic rings. The molecule has 1 saturated heterocycles. The molecule has 1 fully saturated rings. The van der Waals surface area contributed by atoms with E-state index < -0.39 is 5.60 Å². The van der Waals surface area contributed by atoms with Gasteiger partial charge in [0, 0.05) is 23.6 Å². The minimum Gasteiger partial charge on any atom is -0.444 e. The van der Waals surface area contributed by atoms with Gasteiger partial charge < -0.3 is 14.2 Å². The predicted octanol–water partition coefficient (Wildman–Crippen LogP) is 4.76. The summed E-state index contributed by atoms with van der Waals surface area (Å²) in [6.45, 7) is 7.18. The van der Waals surface area contributed by atoms with Crippen molar-refractivity contribution >= 4 is 33.1 Å². The summed E-state index contributed by atoms with van der Waals surface area (Å²) in [5, 5.41) is 0. The van der Waals surface area contributed by atoms with Gasteiger partial charge in [-0.1, -0.05) is 15.9 Å². The third kappa shape index (κ3) is 3.91. The standard InChI is InChI=1S/C18H24BrN3O2/c1-18(2,3)24-17(23)21-9-4-5-14(8-10-21)22-12-20-15-11-13(19)6-7-16(15)22/h6-7,11-12,14H,4-5,8-10H2,1-3H3. The maximum absolute atomic E-state index is 12.3. The molecule has 3 rings (SSSR count). The quantitative estimate of drug-likeness (QED) is 0.701. The van der Waals surface area contributed by atoms with Gasteiger partial charge in [-0.3, -0.25) is 0 Å². The first kappa shape index (κ1) is 17.3. The van der Waals surface area contributed by atoms with Crippen LogP contribution in [0.3, 0.4) is 0 Å². The predicted molar refractivity (Wildman–Crippen MR) is 98.1 cm³/mol. The Morgan fingerprint density at radius 2 is 2.08 bits per heavy atom. The van der Waals surface area contributed by atoms with E-state index in [0.717, 1.165) is 47.9 Å². The number of hydrogen-bond acceptors (Lipinski definition) is 3. The number of rotatable bonds is 1. The molecule has 6 heteroatoms. The van der Waals surface area contributed by atoms with Crippen LogP contribution in [0.4, 0.5) is 4.79 Å². The van der Waals surface area contributed by atoms with Gasteiger partial charge >= 0.3 is 6.09 Å². The summed E-state index contributed by atoms with van der Waals surface area (Å²) in [6, 6.07) is 6.55. The molecule has 1 unspecified atom stereocenters. The van der Waals surface area contributed by atoms with Crippen LogP contribution in [0.25, 0.3) is 11.0 Å². The van der Waals surface area contributed by atoms with Crippen molar-refractivity contribution in [2.75, 3.05) is 13.1 Å². The molecule has 0 aliphatic carbocycles. The molecule has 2 heterocycles. The summed E-state index contributed by atoms with van der Waals surface area (Å²) in [5.41, 5.74) is 1.70. The summed E-state index contributed by atoms with van der Waals surface area (Å²) in [5.74, 6) is 0. The average Bonchev–Trinajstić information content (AvgIpc) is 2.74. The third-order valence-corrected chi connectivity index (χ3v) is 4.77. The van der Waals surface area contributed by atoms with Gasteiger partial charge in [0.05, 0.1) is 17.4 Å². The molecule has 0 spiro atoms. The molecule has 1 aliphatic rings. The van der Waals surface area contributed by atoms with Gasteiger partial charge in [-0.2, -0.15) is 0 Å². The number of amides is 1. The zero-order chi connectivity index (χ0) is 17.3. The van der Waals surface area contributed by atoms with Crippen molar-refractivity contribution < 1.29 is 9.53 Å². The summed E-state index contributed by atoms with van der Waals surface area (Å²) in [4.78, 5) is 18.6. The fourth-order valence-electron chi connectivity index (χ4n) is 3.16. The molecule has 5 nitrogen and oxygen atoms in total. The first-order valence-electron chi connectivity index (χ1n) is 8.43. The van der Waals surface area contributed by atoms with E-state index in [4.69, 9.17) is 4.74 Å². The second kappa shape index (κ2) is 6.75. The lowest BCUT2D eigenvalue weighted by molar-refractivity contribution is 0.0255. The van der Waals surface area contributed by atoms with Gasteiger partial charge in [-0.25, -0.2) is 9.78 Å². The second-order valence-electron chi connectivity index (χ2n) is 7.34. The van der Waals surface area contributed by atoms with Crippen molar-refractivity contribution in [2.45, 2.75) is 51.7 Å². The highest BCUT2D eigenvalue weighted by Gasteiger charge is 2.26. The number of hydrogen-bond donors (Lipinski definition) is 0. The van der Waals surface area contributed by atoms with Crippen LogP contribution in [-0.2, 0) is 4.74 Å². The molecule has 0 radical (unpaired) electrons. The molecule has 130 valence electrons. The number of likely N-dealkylation sites (tertiary alicyclic amines) is 1. The molecule has 1 aliphatic heterocycles. The number of halogens is 1. The van der Waals surface area contributed by atoms with Crippen molar-refractivity contribution in [1.29, 1.82) is 0 Å². The van der Waals surface area contributed by atoms with Crippen LogP contribution in [0.2, 0.25) is 0 Å². The Morgan fingerprint density at radius 1 is 1.29 bits per heavy atom. The minimum atomic E-state index is -0.448. The number of carbonyl (C=O) groups is 1. The Hall–Kier alpha value is -1.56. The van der Waals surface area contributed by atoms with Crippen LogP contribution in [0.15, 0.2) is 29.0 Å². The van der Waals surface area contributed by atoms with E-state index in [2.05, 4.69) is 31.5 Å². The van der Waals surface area contributed by atoms with Gasteiger partial charge in [0.25, 0.3) is 0 Å². The maximum atomic E-state index is 12.3. The fourth-order valence-corrected chi connectivity index (χ4v) is 3.51. The first-order valence-corrected chi connectivity index (χ1v) is 9.23.